The SMILES string of the molecule is Fc1cc(CBr)ccc1N1CCC2CCCCC21. The lowest BCUT2D eigenvalue weighted by molar-refractivity contribution is 0.341. The van der Waals surface area contributed by atoms with E-state index in [1.54, 1.807) is 6.07 Å². The molecule has 0 N–H and O–H groups in total. The molecule has 0 bridgehead atoms. The van der Waals surface area contributed by atoms with Crippen LogP contribution in [-0.2, 0) is 5.33 Å². The number of hydrogen-bond acceptors (Lipinski definition) is 1. The summed E-state index contributed by atoms with van der Waals surface area (Å²) in [4.78, 5) is 2.32. The molecule has 0 spiro atoms. The van der Waals surface area contributed by atoms with Crippen LogP contribution in [0.3, 0.4) is 0 Å². The van der Waals surface area contributed by atoms with Crippen molar-refractivity contribution in [3.05, 3.63) is 29.6 Å². The molecule has 2 fully saturated rings. The van der Waals surface area contributed by atoms with Crippen molar-refractivity contribution >= 4 is 21.6 Å². The predicted molar refractivity (Wildman–Crippen MR) is 76.7 cm³/mol. The van der Waals surface area contributed by atoms with E-state index in [-0.39, 0.29) is 5.82 Å². The van der Waals surface area contributed by atoms with Gasteiger partial charge in [-0.05, 0) is 42.9 Å². The van der Waals surface area contributed by atoms with E-state index in [0.29, 0.717) is 6.04 Å². The number of rotatable bonds is 2. The molecule has 1 aromatic rings. The van der Waals surface area contributed by atoms with Crippen LogP contribution in [0.1, 0.15) is 37.7 Å². The van der Waals surface area contributed by atoms with E-state index in [2.05, 4.69) is 20.8 Å². The third kappa shape index (κ3) is 2.18. The minimum absolute atomic E-state index is 0.0572. The molecule has 1 aliphatic heterocycles. The quantitative estimate of drug-likeness (QED) is 0.727. The second-order valence-corrected chi connectivity index (χ2v) is 6.07. The molecule has 18 heavy (non-hydrogen) atoms. The zero-order chi connectivity index (χ0) is 12.5. The molecular formula is C15H19BrFN. The highest BCUT2D eigenvalue weighted by molar-refractivity contribution is 9.08. The lowest BCUT2D eigenvalue weighted by Crippen LogP contribution is -2.35. The molecular weight excluding hydrogens is 293 g/mol. The highest BCUT2D eigenvalue weighted by Gasteiger charge is 2.36. The first-order valence-corrected chi connectivity index (χ1v) is 8.03. The first-order chi connectivity index (χ1) is 8.79. The summed E-state index contributed by atoms with van der Waals surface area (Å²) in [7, 11) is 0. The lowest BCUT2D eigenvalue weighted by atomic mass is 9.85. The molecule has 2 atom stereocenters. The molecule has 3 heteroatoms. The van der Waals surface area contributed by atoms with E-state index in [1.807, 2.05) is 12.1 Å². The molecule has 1 nitrogen and oxygen atoms in total. The van der Waals surface area contributed by atoms with Crippen LogP contribution >= 0.6 is 15.9 Å². The van der Waals surface area contributed by atoms with Crippen LogP contribution in [0, 0.1) is 11.7 Å². The summed E-state index contributed by atoms with van der Waals surface area (Å²) in [5, 5.41) is 0.719. The molecule has 3 rings (SSSR count). The van der Waals surface area contributed by atoms with Gasteiger partial charge in [0.1, 0.15) is 5.82 Å². The van der Waals surface area contributed by atoms with Crippen LogP contribution in [0.5, 0.6) is 0 Å². The van der Waals surface area contributed by atoms with Crippen molar-refractivity contribution in [3.63, 3.8) is 0 Å². The van der Waals surface area contributed by atoms with Gasteiger partial charge in [0.05, 0.1) is 5.69 Å². The van der Waals surface area contributed by atoms with Gasteiger partial charge in [0.2, 0.25) is 0 Å². The van der Waals surface area contributed by atoms with Gasteiger partial charge in [0.25, 0.3) is 0 Å². The summed E-state index contributed by atoms with van der Waals surface area (Å²) in [6.07, 6.45) is 6.48. The molecule has 0 aromatic heterocycles. The van der Waals surface area contributed by atoms with E-state index >= 15 is 0 Å². The first-order valence-electron chi connectivity index (χ1n) is 6.90. The van der Waals surface area contributed by atoms with Gasteiger partial charge in [0.15, 0.2) is 0 Å². The normalized spacial score (nSPS) is 27.3. The number of fused-ring (bicyclic) bond motifs is 1. The predicted octanol–water partition coefficient (Wildman–Crippen LogP) is 4.49. The number of nitrogens with zero attached hydrogens (tertiary/aromatic N) is 1. The van der Waals surface area contributed by atoms with Crippen molar-refractivity contribution in [3.8, 4) is 0 Å². The molecule has 1 saturated heterocycles. The Labute approximate surface area is 116 Å². The Morgan fingerprint density at radius 1 is 1.22 bits per heavy atom. The van der Waals surface area contributed by atoms with E-state index in [0.717, 1.165) is 29.0 Å². The fraction of sp³-hybridized carbons (Fsp3) is 0.600. The minimum atomic E-state index is -0.0572. The summed E-state index contributed by atoms with van der Waals surface area (Å²) in [5.41, 5.74) is 1.82. The maximum absolute atomic E-state index is 14.2. The lowest BCUT2D eigenvalue weighted by Gasteiger charge is -2.33. The number of alkyl halides is 1. The van der Waals surface area contributed by atoms with Crippen LogP contribution in [0.25, 0.3) is 0 Å². The molecule has 98 valence electrons. The van der Waals surface area contributed by atoms with E-state index in [9.17, 15) is 4.39 Å². The molecule has 1 aromatic carbocycles. The maximum Gasteiger partial charge on any atom is 0.146 e. The Balaban J connectivity index is 1.86. The van der Waals surface area contributed by atoms with Crippen molar-refractivity contribution in [2.24, 2.45) is 5.92 Å². The van der Waals surface area contributed by atoms with E-state index in [1.165, 1.54) is 32.1 Å². The third-order valence-corrected chi connectivity index (χ3v) is 5.13. The zero-order valence-corrected chi connectivity index (χ0v) is 12.1. The fourth-order valence-electron chi connectivity index (χ4n) is 3.57. The summed E-state index contributed by atoms with van der Waals surface area (Å²) in [6, 6.07) is 6.25. The number of halogens is 2. The van der Waals surface area contributed by atoms with Crippen molar-refractivity contribution < 1.29 is 4.39 Å². The summed E-state index contributed by atoms with van der Waals surface area (Å²) < 4.78 is 14.2. The van der Waals surface area contributed by atoms with Gasteiger partial charge in [-0.2, -0.15) is 0 Å². The highest BCUT2D eigenvalue weighted by Crippen LogP contribution is 2.39. The van der Waals surface area contributed by atoms with Crippen molar-refractivity contribution in [2.75, 3.05) is 11.4 Å². The molecule has 2 unspecified atom stereocenters. The van der Waals surface area contributed by atoms with Gasteiger partial charge in [-0.3, -0.25) is 0 Å². The molecule has 1 saturated carbocycles. The average molecular weight is 312 g/mol. The van der Waals surface area contributed by atoms with Crippen LogP contribution in [0.4, 0.5) is 10.1 Å². The fourth-order valence-corrected chi connectivity index (χ4v) is 3.92. The van der Waals surface area contributed by atoms with Crippen molar-refractivity contribution in [1.82, 2.24) is 0 Å². The summed E-state index contributed by atoms with van der Waals surface area (Å²) in [6.45, 7) is 1.03. The Morgan fingerprint density at radius 2 is 2.06 bits per heavy atom. The topological polar surface area (TPSA) is 3.24 Å². The summed E-state index contributed by atoms with van der Waals surface area (Å²) >= 11 is 3.37. The van der Waals surface area contributed by atoms with E-state index in [4.69, 9.17) is 0 Å². The molecule has 1 aliphatic carbocycles. The van der Waals surface area contributed by atoms with E-state index < -0.39 is 0 Å². The number of benzene rings is 1. The Hall–Kier alpha value is -0.570. The highest BCUT2D eigenvalue weighted by atomic mass is 79.9. The molecule has 0 radical (unpaired) electrons. The van der Waals surface area contributed by atoms with Gasteiger partial charge < -0.3 is 4.90 Å². The Morgan fingerprint density at radius 3 is 2.83 bits per heavy atom. The van der Waals surface area contributed by atoms with Crippen molar-refractivity contribution in [1.29, 1.82) is 0 Å². The second kappa shape index (κ2) is 5.20. The van der Waals surface area contributed by atoms with Crippen LogP contribution < -0.4 is 4.90 Å². The molecule has 2 aliphatic rings. The maximum atomic E-state index is 14.2. The Bertz CT molecular complexity index is 435. The number of anilines is 1. The van der Waals surface area contributed by atoms with Gasteiger partial charge in [-0.1, -0.05) is 34.8 Å². The number of hydrogen-bond donors (Lipinski definition) is 0. The van der Waals surface area contributed by atoms with Gasteiger partial charge in [-0.25, -0.2) is 4.39 Å². The third-order valence-electron chi connectivity index (χ3n) is 4.49. The molecule has 0 amide bonds. The van der Waals surface area contributed by atoms with Gasteiger partial charge in [0, 0.05) is 17.9 Å². The molecule has 1 heterocycles. The van der Waals surface area contributed by atoms with Gasteiger partial charge in [-0.15, -0.1) is 0 Å². The summed E-state index contributed by atoms with van der Waals surface area (Å²) in [5.74, 6) is 0.743. The Kier molecular flexibility index (Phi) is 3.60. The monoisotopic (exact) mass is 311 g/mol. The minimum Gasteiger partial charge on any atom is -0.366 e. The van der Waals surface area contributed by atoms with Crippen LogP contribution in [0.2, 0.25) is 0 Å². The van der Waals surface area contributed by atoms with Gasteiger partial charge >= 0.3 is 0 Å². The standard InChI is InChI=1S/C15H19BrFN/c16-10-11-5-6-15(13(17)9-11)18-8-7-12-3-1-2-4-14(12)18/h5-6,9,12,14H,1-4,7-8,10H2. The average Bonchev–Trinajstić information content (AvgIpc) is 2.82. The zero-order valence-electron chi connectivity index (χ0n) is 10.5. The van der Waals surface area contributed by atoms with Crippen LogP contribution in [0.15, 0.2) is 18.2 Å². The second-order valence-electron chi connectivity index (χ2n) is 5.51. The smallest absolute Gasteiger partial charge is 0.146 e. The first kappa shape index (κ1) is 12.5. The van der Waals surface area contributed by atoms with Crippen molar-refractivity contribution in [2.45, 2.75) is 43.5 Å². The largest absolute Gasteiger partial charge is 0.366 e. The van der Waals surface area contributed by atoms with Crippen LogP contribution in [-0.4, -0.2) is 12.6 Å².